The molecule has 4 heterocycles. The highest BCUT2D eigenvalue weighted by Gasteiger charge is 2.07. The summed E-state index contributed by atoms with van der Waals surface area (Å²) >= 11 is 0. The maximum Gasteiger partial charge on any atom is 0.330 e. The molecule has 37 heavy (non-hydrogen) atoms. The highest BCUT2D eigenvalue weighted by molar-refractivity contribution is 5.87. The van der Waals surface area contributed by atoms with Crippen molar-refractivity contribution in [3.8, 4) is 11.5 Å². The molecule has 6 heteroatoms. The van der Waals surface area contributed by atoms with Gasteiger partial charge in [0.05, 0.1) is 26.4 Å². The number of benzene rings is 2. The molecule has 6 nitrogen and oxygen atoms in total. The molecular formula is C31H36O6. The van der Waals surface area contributed by atoms with Crippen LogP contribution >= 0.6 is 0 Å². The number of carbonyl (C=O) groups is 2. The summed E-state index contributed by atoms with van der Waals surface area (Å²) in [6.07, 6.45) is 15.0. The third kappa shape index (κ3) is 11.7. The maximum atomic E-state index is 12.0. The number of hydrogen-bond donors (Lipinski definition) is 0. The Morgan fingerprint density at radius 3 is 1.59 bits per heavy atom. The fourth-order valence-electron chi connectivity index (χ4n) is 3.46. The van der Waals surface area contributed by atoms with Gasteiger partial charge in [0, 0.05) is 12.2 Å². The average molecular weight is 505 g/mol. The zero-order valence-corrected chi connectivity index (χ0v) is 21.5. The highest BCUT2D eigenvalue weighted by Crippen LogP contribution is 2.15. The molecule has 0 aromatic heterocycles. The second kappa shape index (κ2) is 16.0. The van der Waals surface area contributed by atoms with Gasteiger partial charge >= 0.3 is 11.9 Å². The Morgan fingerprint density at radius 2 is 1.08 bits per heavy atom. The second-order valence-electron chi connectivity index (χ2n) is 8.95. The Labute approximate surface area is 219 Å². The zero-order valence-electron chi connectivity index (χ0n) is 21.5. The average Bonchev–Trinajstić information content (AvgIpc) is 2.91. The quantitative estimate of drug-likeness (QED) is 0.305. The molecule has 6 rings (SSSR count). The fraction of sp³-hybridized carbons (Fsp3) is 0.355. The molecule has 0 saturated carbocycles. The van der Waals surface area contributed by atoms with Crippen LogP contribution in [0.5, 0.6) is 11.5 Å². The summed E-state index contributed by atoms with van der Waals surface area (Å²) in [7, 11) is 0. The van der Waals surface area contributed by atoms with Crippen LogP contribution < -0.4 is 9.47 Å². The standard InChI is InChI=1S/C31H36O6/c1-25-20-23-36-30(32)18-12-26-8-14-28(15-9-26)34-21-6-4-2-3-5-7-22-35-29-16-10-27(11-17-29)13-19-31(33)37-24-25/h2-3,8-19,25H,4-7,20-24H2,1H3/b3-2-,18-12-,19-13?/t25-/m1/s1. The van der Waals surface area contributed by atoms with Crippen LogP contribution in [0.25, 0.3) is 12.2 Å². The molecule has 1 atom stereocenters. The van der Waals surface area contributed by atoms with Crippen molar-refractivity contribution in [1.82, 2.24) is 0 Å². The SMILES string of the molecule is C[C@@H]1CCOC(=O)/C=C\c2ccc(cc2)OCCC/C=C\CCCOc2ccc(cc2)C=CC(=O)OC1. The highest BCUT2D eigenvalue weighted by atomic mass is 16.5. The van der Waals surface area contributed by atoms with Crippen molar-refractivity contribution in [3.63, 3.8) is 0 Å². The van der Waals surface area contributed by atoms with Crippen LogP contribution in [0.2, 0.25) is 0 Å². The van der Waals surface area contributed by atoms with Crippen LogP contribution in [-0.2, 0) is 19.1 Å². The fourth-order valence-corrected chi connectivity index (χ4v) is 3.46. The van der Waals surface area contributed by atoms with E-state index < -0.39 is 11.9 Å². The van der Waals surface area contributed by atoms with Gasteiger partial charge in [0.25, 0.3) is 0 Å². The molecule has 196 valence electrons. The Bertz CT molecular complexity index is 1050. The zero-order chi connectivity index (χ0) is 26.1. The van der Waals surface area contributed by atoms with Crippen molar-refractivity contribution in [2.24, 2.45) is 5.92 Å². The van der Waals surface area contributed by atoms with Gasteiger partial charge in [-0.05, 0) is 85.6 Å². The van der Waals surface area contributed by atoms with Crippen LogP contribution in [-0.4, -0.2) is 38.4 Å². The first-order chi connectivity index (χ1) is 18.1. The van der Waals surface area contributed by atoms with Gasteiger partial charge in [-0.1, -0.05) is 43.3 Å². The molecule has 4 aliphatic rings. The number of ether oxygens (including phenoxy) is 4. The number of esters is 2. The minimum atomic E-state index is -0.406. The molecule has 0 spiro atoms. The minimum absolute atomic E-state index is 0.0638. The Morgan fingerprint density at radius 1 is 0.595 bits per heavy atom. The van der Waals surface area contributed by atoms with E-state index in [1.54, 1.807) is 12.2 Å². The third-order valence-electron chi connectivity index (χ3n) is 5.68. The van der Waals surface area contributed by atoms with Gasteiger partial charge < -0.3 is 18.9 Å². The van der Waals surface area contributed by atoms with Crippen molar-refractivity contribution in [1.29, 1.82) is 0 Å². The lowest BCUT2D eigenvalue weighted by molar-refractivity contribution is -0.141. The van der Waals surface area contributed by atoms with Crippen LogP contribution in [0, 0.1) is 5.92 Å². The van der Waals surface area contributed by atoms with Crippen molar-refractivity contribution in [3.05, 3.63) is 84.0 Å². The van der Waals surface area contributed by atoms with Crippen LogP contribution in [0.4, 0.5) is 0 Å². The van der Waals surface area contributed by atoms with E-state index in [0.29, 0.717) is 19.6 Å². The summed E-state index contributed by atoms with van der Waals surface area (Å²) in [5.74, 6) is 0.860. The smallest absolute Gasteiger partial charge is 0.330 e. The number of rotatable bonds is 0. The third-order valence-corrected chi connectivity index (χ3v) is 5.68. The minimum Gasteiger partial charge on any atom is -0.494 e. The van der Waals surface area contributed by atoms with E-state index in [1.165, 1.54) is 12.2 Å². The van der Waals surface area contributed by atoms with Gasteiger partial charge in [0.2, 0.25) is 0 Å². The van der Waals surface area contributed by atoms with Gasteiger partial charge in [-0.3, -0.25) is 0 Å². The molecule has 2 aromatic carbocycles. The van der Waals surface area contributed by atoms with Gasteiger partial charge in [0.1, 0.15) is 11.5 Å². The van der Waals surface area contributed by atoms with Gasteiger partial charge in [0.15, 0.2) is 0 Å². The van der Waals surface area contributed by atoms with Crippen LogP contribution in [0.3, 0.4) is 0 Å². The van der Waals surface area contributed by atoms with Gasteiger partial charge in [-0.2, -0.15) is 0 Å². The number of carbonyl (C=O) groups excluding carboxylic acids is 2. The van der Waals surface area contributed by atoms with Crippen molar-refractivity contribution in [2.75, 3.05) is 26.4 Å². The molecule has 0 fully saturated rings. The molecule has 0 saturated heterocycles. The van der Waals surface area contributed by atoms with Crippen LogP contribution in [0.15, 0.2) is 72.8 Å². The van der Waals surface area contributed by atoms with E-state index >= 15 is 0 Å². The lowest BCUT2D eigenvalue weighted by atomic mass is 10.1. The Kier molecular flexibility index (Phi) is 12.0. The topological polar surface area (TPSA) is 71.1 Å². The van der Waals surface area contributed by atoms with Crippen molar-refractivity contribution in [2.45, 2.75) is 39.0 Å². The summed E-state index contributed by atoms with van der Waals surface area (Å²) in [5.41, 5.74) is 1.78. The Balaban J connectivity index is 1.54. The summed E-state index contributed by atoms with van der Waals surface area (Å²) in [6.45, 7) is 3.76. The molecule has 2 aromatic rings. The molecule has 0 radical (unpaired) electrons. The molecule has 0 N–H and O–H groups in total. The summed E-state index contributed by atoms with van der Waals surface area (Å²) < 4.78 is 22.2. The molecule has 0 aliphatic carbocycles. The molecule has 0 amide bonds. The van der Waals surface area contributed by atoms with Gasteiger partial charge in [-0.25, -0.2) is 9.59 Å². The summed E-state index contributed by atoms with van der Waals surface area (Å²) in [5, 5.41) is 0. The first kappa shape index (κ1) is 27.8. The van der Waals surface area contributed by atoms with E-state index in [0.717, 1.165) is 48.3 Å². The summed E-state index contributed by atoms with van der Waals surface area (Å²) in [4.78, 5) is 24.0. The summed E-state index contributed by atoms with van der Waals surface area (Å²) in [6, 6.07) is 15.2. The predicted octanol–water partition coefficient (Wildman–Crippen LogP) is 6.41. The monoisotopic (exact) mass is 504 g/mol. The second-order valence-corrected chi connectivity index (χ2v) is 8.95. The van der Waals surface area contributed by atoms with E-state index in [-0.39, 0.29) is 19.1 Å². The van der Waals surface area contributed by atoms with Crippen molar-refractivity contribution < 1.29 is 28.5 Å². The predicted molar refractivity (Wildman–Crippen MR) is 145 cm³/mol. The van der Waals surface area contributed by atoms with Crippen molar-refractivity contribution >= 4 is 24.1 Å². The first-order valence-electron chi connectivity index (χ1n) is 12.9. The molecular weight excluding hydrogens is 468 g/mol. The number of allylic oxidation sites excluding steroid dienone is 2. The van der Waals surface area contributed by atoms with E-state index in [1.807, 2.05) is 55.5 Å². The van der Waals surface area contributed by atoms with E-state index in [2.05, 4.69) is 12.2 Å². The van der Waals surface area contributed by atoms with Gasteiger partial charge in [-0.15, -0.1) is 0 Å². The molecule has 0 unspecified atom stereocenters. The largest absolute Gasteiger partial charge is 0.494 e. The van der Waals surface area contributed by atoms with Crippen LogP contribution in [0.1, 0.15) is 50.2 Å². The Hall–Kier alpha value is -3.80. The molecule has 4 aliphatic heterocycles. The lowest BCUT2D eigenvalue weighted by Gasteiger charge is -2.11. The van der Waals surface area contributed by atoms with E-state index in [4.69, 9.17) is 18.9 Å². The maximum absolute atomic E-state index is 12.0. The molecule has 4 bridgehead atoms. The van der Waals surface area contributed by atoms with E-state index in [9.17, 15) is 9.59 Å². The normalized spacial score (nSPS) is 20.6. The first-order valence-corrected chi connectivity index (χ1v) is 12.9. The lowest BCUT2D eigenvalue weighted by Crippen LogP contribution is -2.13. The number of hydrogen-bond acceptors (Lipinski definition) is 6.